The minimum atomic E-state index is 0.764. The third kappa shape index (κ3) is 2.78. The van der Waals surface area contributed by atoms with E-state index in [1.807, 2.05) is 0 Å². The van der Waals surface area contributed by atoms with Gasteiger partial charge in [-0.15, -0.1) is 0 Å². The van der Waals surface area contributed by atoms with E-state index in [-0.39, 0.29) is 0 Å². The summed E-state index contributed by atoms with van der Waals surface area (Å²) < 4.78 is 0. The van der Waals surface area contributed by atoms with Crippen molar-refractivity contribution >= 4 is 0 Å². The molecule has 2 heteroatoms. The lowest BCUT2D eigenvalue weighted by Crippen LogP contribution is -2.46. The van der Waals surface area contributed by atoms with Gasteiger partial charge in [-0.05, 0) is 51.5 Å². The van der Waals surface area contributed by atoms with Gasteiger partial charge in [-0.25, -0.2) is 0 Å². The molecule has 2 aliphatic rings. The Morgan fingerprint density at radius 1 is 1.19 bits per heavy atom. The van der Waals surface area contributed by atoms with Gasteiger partial charge in [-0.2, -0.15) is 0 Å². The van der Waals surface area contributed by atoms with Gasteiger partial charge >= 0.3 is 0 Å². The summed E-state index contributed by atoms with van der Waals surface area (Å²) in [5.41, 5.74) is 0. The van der Waals surface area contributed by atoms with Crippen LogP contribution in [0, 0.1) is 5.92 Å². The van der Waals surface area contributed by atoms with Crippen molar-refractivity contribution in [3.8, 4) is 0 Å². The topological polar surface area (TPSA) is 15.3 Å². The molecule has 2 rings (SSSR count). The monoisotopic (exact) mass is 224 g/mol. The molecule has 3 atom stereocenters. The molecule has 16 heavy (non-hydrogen) atoms. The molecule has 3 unspecified atom stereocenters. The van der Waals surface area contributed by atoms with Gasteiger partial charge in [0.15, 0.2) is 0 Å². The maximum absolute atomic E-state index is 3.69. The van der Waals surface area contributed by atoms with Gasteiger partial charge in [-0.3, -0.25) is 4.90 Å². The highest BCUT2D eigenvalue weighted by Crippen LogP contribution is 2.35. The van der Waals surface area contributed by atoms with Crippen molar-refractivity contribution in [2.45, 2.75) is 71.0 Å². The van der Waals surface area contributed by atoms with Crippen LogP contribution in [0.1, 0.15) is 52.9 Å². The fourth-order valence-corrected chi connectivity index (χ4v) is 3.26. The minimum absolute atomic E-state index is 0.764. The van der Waals surface area contributed by atoms with Crippen molar-refractivity contribution < 1.29 is 0 Å². The van der Waals surface area contributed by atoms with E-state index in [1.165, 1.54) is 38.6 Å². The summed E-state index contributed by atoms with van der Waals surface area (Å²) in [5, 5.41) is 3.69. The second kappa shape index (κ2) is 5.50. The Kier molecular flexibility index (Phi) is 4.26. The molecular formula is C14H28N2. The molecule has 0 radical (unpaired) electrons. The van der Waals surface area contributed by atoms with Crippen molar-refractivity contribution in [3.05, 3.63) is 0 Å². The average molecular weight is 224 g/mol. The van der Waals surface area contributed by atoms with Crippen LogP contribution in [0.4, 0.5) is 0 Å². The van der Waals surface area contributed by atoms with Gasteiger partial charge in [0.05, 0.1) is 0 Å². The number of rotatable bonds is 6. The summed E-state index contributed by atoms with van der Waals surface area (Å²) in [6.45, 7) is 9.40. The minimum Gasteiger partial charge on any atom is -0.313 e. The molecule has 2 fully saturated rings. The van der Waals surface area contributed by atoms with Crippen LogP contribution in [0.5, 0.6) is 0 Å². The van der Waals surface area contributed by atoms with Gasteiger partial charge in [0, 0.05) is 24.7 Å². The highest BCUT2D eigenvalue weighted by Gasteiger charge is 2.36. The van der Waals surface area contributed by atoms with Crippen LogP contribution in [0.15, 0.2) is 0 Å². The average Bonchev–Trinajstić information content (AvgIpc) is 3.05. The third-order valence-corrected chi connectivity index (χ3v) is 4.49. The summed E-state index contributed by atoms with van der Waals surface area (Å²) in [6, 6.07) is 2.43. The largest absolute Gasteiger partial charge is 0.313 e. The van der Waals surface area contributed by atoms with Gasteiger partial charge in [-0.1, -0.05) is 13.8 Å². The van der Waals surface area contributed by atoms with E-state index in [4.69, 9.17) is 0 Å². The molecule has 1 N–H and O–H groups in total. The Bertz CT molecular complexity index is 213. The van der Waals surface area contributed by atoms with Gasteiger partial charge in [0.25, 0.3) is 0 Å². The normalized spacial score (nSPS) is 33.2. The number of likely N-dealkylation sites (N-methyl/N-ethyl adjacent to an activating group) is 1. The maximum Gasteiger partial charge on any atom is 0.0223 e. The number of likely N-dealkylation sites (tertiary alicyclic amines) is 1. The molecule has 0 aromatic heterocycles. The van der Waals surface area contributed by atoms with Crippen LogP contribution in [0.2, 0.25) is 0 Å². The van der Waals surface area contributed by atoms with E-state index in [2.05, 4.69) is 31.0 Å². The summed E-state index contributed by atoms with van der Waals surface area (Å²) >= 11 is 0. The zero-order valence-electron chi connectivity index (χ0n) is 11.2. The van der Waals surface area contributed by atoms with Gasteiger partial charge in [0.2, 0.25) is 0 Å². The Labute approximate surface area is 101 Å². The number of hydrogen-bond acceptors (Lipinski definition) is 2. The molecule has 0 bridgehead atoms. The molecule has 0 aromatic rings. The molecule has 2 nitrogen and oxygen atoms in total. The molecule has 1 saturated heterocycles. The fourth-order valence-electron chi connectivity index (χ4n) is 3.26. The number of hydrogen-bond donors (Lipinski definition) is 1. The van der Waals surface area contributed by atoms with Crippen molar-refractivity contribution in [1.82, 2.24) is 10.2 Å². The molecule has 0 spiro atoms. The lowest BCUT2D eigenvalue weighted by molar-refractivity contribution is 0.170. The second-order valence-electron chi connectivity index (χ2n) is 5.69. The zero-order chi connectivity index (χ0) is 11.5. The van der Waals surface area contributed by atoms with Crippen LogP contribution in [0.3, 0.4) is 0 Å². The van der Waals surface area contributed by atoms with Gasteiger partial charge in [0.1, 0.15) is 0 Å². The number of nitrogens with zero attached hydrogens (tertiary/aromatic N) is 1. The van der Waals surface area contributed by atoms with Gasteiger partial charge < -0.3 is 5.32 Å². The van der Waals surface area contributed by atoms with E-state index in [0.29, 0.717) is 0 Å². The first-order valence-electron chi connectivity index (χ1n) is 7.25. The number of nitrogens with one attached hydrogen (secondary N) is 1. The van der Waals surface area contributed by atoms with Crippen molar-refractivity contribution in [2.75, 3.05) is 13.1 Å². The van der Waals surface area contributed by atoms with Crippen LogP contribution in [0.25, 0.3) is 0 Å². The van der Waals surface area contributed by atoms with E-state index in [9.17, 15) is 0 Å². The highest BCUT2D eigenvalue weighted by molar-refractivity contribution is 4.93. The van der Waals surface area contributed by atoms with Crippen molar-refractivity contribution in [3.63, 3.8) is 0 Å². The molecule has 1 heterocycles. The predicted octanol–water partition coefficient (Wildman–Crippen LogP) is 2.64. The third-order valence-electron chi connectivity index (χ3n) is 4.49. The quantitative estimate of drug-likeness (QED) is 0.746. The lowest BCUT2D eigenvalue weighted by atomic mass is 10.1. The summed E-state index contributed by atoms with van der Waals surface area (Å²) in [4.78, 5) is 2.77. The first-order valence-corrected chi connectivity index (χ1v) is 7.25. The van der Waals surface area contributed by atoms with Crippen LogP contribution < -0.4 is 5.32 Å². The molecule has 0 amide bonds. The Morgan fingerprint density at radius 3 is 2.50 bits per heavy atom. The molecule has 1 aliphatic carbocycles. The first-order chi connectivity index (χ1) is 7.76. The van der Waals surface area contributed by atoms with E-state index in [0.717, 1.165) is 30.6 Å². The maximum atomic E-state index is 3.69. The summed E-state index contributed by atoms with van der Waals surface area (Å²) in [6.07, 6.45) is 7.06. The first kappa shape index (κ1) is 12.4. The smallest absolute Gasteiger partial charge is 0.0223 e. The molecule has 94 valence electrons. The SMILES string of the molecule is CCNC(CN1C(C)CCC1CC)C1CC1. The van der Waals surface area contributed by atoms with E-state index >= 15 is 0 Å². The molecule has 1 saturated carbocycles. The molecule has 1 aliphatic heterocycles. The zero-order valence-corrected chi connectivity index (χ0v) is 11.2. The predicted molar refractivity (Wildman–Crippen MR) is 69.7 cm³/mol. The van der Waals surface area contributed by atoms with Crippen LogP contribution in [-0.2, 0) is 0 Å². The van der Waals surface area contributed by atoms with Crippen molar-refractivity contribution in [2.24, 2.45) is 5.92 Å². The van der Waals surface area contributed by atoms with E-state index in [1.54, 1.807) is 0 Å². The van der Waals surface area contributed by atoms with E-state index < -0.39 is 0 Å². The Balaban J connectivity index is 1.89. The molecule has 0 aromatic carbocycles. The lowest BCUT2D eigenvalue weighted by Gasteiger charge is -2.32. The Morgan fingerprint density at radius 2 is 1.94 bits per heavy atom. The standard InChI is InChI=1S/C14H28N2/c1-4-13-9-6-11(3)16(13)10-14(15-5-2)12-7-8-12/h11-15H,4-10H2,1-3H3. The molecular weight excluding hydrogens is 196 g/mol. The fraction of sp³-hybridized carbons (Fsp3) is 1.00. The van der Waals surface area contributed by atoms with Crippen LogP contribution >= 0.6 is 0 Å². The summed E-state index contributed by atoms with van der Waals surface area (Å²) in [5.74, 6) is 0.977. The van der Waals surface area contributed by atoms with Crippen LogP contribution in [-0.4, -0.2) is 36.1 Å². The Hall–Kier alpha value is -0.0800. The van der Waals surface area contributed by atoms with Crippen molar-refractivity contribution in [1.29, 1.82) is 0 Å². The second-order valence-corrected chi connectivity index (χ2v) is 5.69. The highest BCUT2D eigenvalue weighted by atomic mass is 15.2. The summed E-state index contributed by atoms with van der Waals surface area (Å²) in [7, 11) is 0.